The summed E-state index contributed by atoms with van der Waals surface area (Å²) in [5.41, 5.74) is 0. The van der Waals surface area contributed by atoms with Gasteiger partial charge >= 0.3 is 0 Å². The summed E-state index contributed by atoms with van der Waals surface area (Å²) in [6.07, 6.45) is 2.31. The van der Waals surface area contributed by atoms with Gasteiger partial charge in [-0.1, -0.05) is 20.3 Å². The number of hydrogen-bond donors (Lipinski definition) is 1. The molecular formula is C10H20N2O. The third kappa shape index (κ3) is 2.69. The molecule has 13 heavy (non-hydrogen) atoms. The molecule has 0 spiro atoms. The zero-order valence-electron chi connectivity index (χ0n) is 8.84. The van der Waals surface area contributed by atoms with Gasteiger partial charge in [0.25, 0.3) is 0 Å². The van der Waals surface area contributed by atoms with E-state index in [1.54, 1.807) is 0 Å². The SMILES string of the molecule is CCC(C)CC(C)N1CNCC1=O. The highest BCUT2D eigenvalue weighted by Crippen LogP contribution is 2.15. The minimum Gasteiger partial charge on any atom is -0.326 e. The molecule has 0 aromatic carbocycles. The Morgan fingerprint density at radius 1 is 1.54 bits per heavy atom. The van der Waals surface area contributed by atoms with E-state index in [0.29, 0.717) is 18.5 Å². The highest BCUT2D eigenvalue weighted by atomic mass is 16.2. The average Bonchev–Trinajstić information content (AvgIpc) is 2.51. The maximum absolute atomic E-state index is 11.3. The van der Waals surface area contributed by atoms with Gasteiger partial charge in [-0.3, -0.25) is 10.1 Å². The summed E-state index contributed by atoms with van der Waals surface area (Å²) in [5.74, 6) is 0.958. The third-order valence-corrected chi connectivity index (χ3v) is 2.85. The molecule has 1 saturated heterocycles. The molecule has 0 bridgehead atoms. The number of carbonyl (C=O) groups excluding carboxylic acids is 1. The van der Waals surface area contributed by atoms with E-state index in [1.807, 2.05) is 4.90 Å². The van der Waals surface area contributed by atoms with E-state index in [9.17, 15) is 4.79 Å². The Balaban J connectivity index is 2.38. The van der Waals surface area contributed by atoms with E-state index in [1.165, 1.54) is 6.42 Å². The molecule has 1 aliphatic heterocycles. The van der Waals surface area contributed by atoms with Crippen molar-refractivity contribution in [1.29, 1.82) is 0 Å². The molecule has 2 unspecified atom stereocenters. The first kappa shape index (κ1) is 10.5. The van der Waals surface area contributed by atoms with Crippen LogP contribution in [-0.2, 0) is 4.79 Å². The number of amides is 1. The number of nitrogens with one attached hydrogen (secondary N) is 1. The summed E-state index contributed by atoms with van der Waals surface area (Å²) < 4.78 is 0. The van der Waals surface area contributed by atoms with Gasteiger partial charge in [-0.15, -0.1) is 0 Å². The van der Waals surface area contributed by atoms with Crippen LogP contribution in [0.3, 0.4) is 0 Å². The molecule has 0 aliphatic carbocycles. The molecule has 1 amide bonds. The molecule has 3 heteroatoms. The van der Waals surface area contributed by atoms with Gasteiger partial charge in [0, 0.05) is 6.04 Å². The Kier molecular flexibility index (Phi) is 3.72. The van der Waals surface area contributed by atoms with Crippen LogP contribution < -0.4 is 5.32 Å². The molecule has 1 rings (SSSR count). The van der Waals surface area contributed by atoms with Crippen LogP contribution in [0, 0.1) is 5.92 Å². The molecule has 3 nitrogen and oxygen atoms in total. The first-order valence-electron chi connectivity index (χ1n) is 5.15. The highest BCUT2D eigenvalue weighted by molar-refractivity contribution is 5.80. The normalized spacial score (nSPS) is 22.1. The van der Waals surface area contributed by atoms with E-state index < -0.39 is 0 Å². The second kappa shape index (κ2) is 4.61. The van der Waals surface area contributed by atoms with Gasteiger partial charge in [-0.05, 0) is 19.3 Å². The lowest BCUT2D eigenvalue weighted by molar-refractivity contribution is -0.128. The lowest BCUT2D eigenvalue weighted by Crippen LogP contribution is -2.36. The molecule has 76 valence electrons. The molecule has 0 radical (unpaired) electrons. The van der Waals surface area contributed by atoms with Crippen molar-refractivity contribution in [3.05, 3.63) is 0 Å². The summed E-state index contributed by atoms with van der Waals surface area (Å²) in [4.78, 5) is 13.3. The van der Waals surface area contributed by atoms with Gasteiger partial charge in [0.05, 0.1) is 13.2 Å². The summed E-state index contributed by atoms with van der Waals surface area (Å²) >= 11 is 0. The molecule has 1 heterocycles. The number of nitrogens with zero attached hydrogens (tertiary/aromatic N) is 1. The smallest absolute Gasteiger partial charge is 0.237 e. The van der Waals surface area contributed by atoms with E-state index in [-0.39, 0.29) is 5.91 Å². The number of hydrogen-bond acceptors (Lipinski definition) is 2. The van der Waals surface area contributed by atoms with Gasteiger partial charge in [0.2, 0.25) is 5.91 Å². The van der Waals surface area contributed by atoms with Gasteiger partial charge in [0.15, 0.2) is 0 Å². The van der Waals surface area contributed by atoms with E-state index in [4.69, 9.17) is 0 Å². The average molecular weight is 184 g/mol. The van der Waals surface area contributed by atoms with Crippen molar-refractivity contribution in [2.24, 2.45) is 5.92 Å². The van der Waals surface area contributed by atoms with E-state index in [0.717, 1.165) is 13.1 Å². The third-order valence-electron chi connectivity index (χ3n) is 2.85. The summed E-state index contributed by atoms with van der Waals surface area (Å²) in [7, 11) is 0. The van der Waals surface area contributed by atoms with Gasteiger partial charge < -0.3 is 4.90 Å². The second-order valence-electron chi connectivity index (χ2n) is 4.05. The van der Waals surface area contributed by atoms with Crippen molar-refractivity contribution in [2.45, 2.75) is 39.7 Å². The van der Waals surface area contributed by atoms with E-state index >= 15 is 0 Å². The monoisotopic (exact) mass is 184 g/mol. The predicted octanol–water partition coefficient (Wildman–Crippen LogP) is 1.20. The minimum atomic E-state index is 0.246. The van der Waals surface area contributed by atoms with Crippen LogP contribution in [0.2, 0.25) is 0 Å². The van der Waals surface area contributed by atoms with Crippen LogP contribution in [0.25, 0.3) is 0 Å². The first-order valence-corrected chi connectivity index (χ1v) is 5.15. The van der Waals surface area contributed by atoms with Gasteiger partial charge in [-0.2, -0.15) is 0 Å². The van der Waals surface area contributed by atoms with Crippen molar-refractivity contribution in [1.82, 2.24) is 10.2 Å². The molecule has 2 atom stereocenters. The molecule has 1 fully saturated rings. The van der Waals surface area contributed by atoms with Crippen molar-refractivity contribution in [2.75, 3.05) is 13.2 Å². The molecule has 1 N–H and O–H groups in total. The Morgan fingerprint density at radius 3 is 2.69 bits per heavy atom. The van der Waals surface area contributed by atoms with Crippen LogP contribution in [-0.4, -0.2) is 30.1 Å². The molecule has 1 aliphatic rings. The Hall–Kier alpha value is -0.570. The maximum atomic E-state index is 11.3. The topological polar surface area (TPSA) is 32.3 Å². The largest absolute Gasteiger partial charge is 0.326 e. The van der Waals surface area contributed by atoms with Crippen LogP contribution in [0.5, 0.6) is 0 Å². The first-order chi connectivity index (χ1) is 6.15. The van der Waals surface area contributed by atoms with Gasteiger partial charge in [0.1, 0.15) is 0 Å². The zero-order chi connectivity index (χ0) is 9.84. The van der Waals surface area contributed by atoms with Crippen molar-refractivity contribution in [3.63, 3.8) is 0 Å². The van der Waals surface area contributed by atoms with Crippen LogP contribution in [0.4, 0.5) is 0 Å². The number of carbonyl (C=O) groups is 1. The second-order valence-corrected chi connectivity index (χ2v) is 4.05. The summed E-state index contributed by atoms with van der Waals surface area (Å²) in [5, 5.41) is 3.07. The van der Waals surface area contributed by atoms with Crippen LogP contribution in [0.15, 0.2) is 0 Å². The fourth-order valence-corrected chi connectivity index (χ4v) is 1.75. The fourth-order valence-electron chi connectivity index (χ4n) is 1.75. The van der Waals surface area contributed by atoms with Crippen molar-refractivity contribution >= 4 is 5.91 Å². The Bertz CT molecular complexity index is 182. The quantitative estimate of drug-likeness (QED) is 0.712. The summed E-state index contributed by atoms with van der Waals surface area (Å²) in [6, 6.07) is 0.387. The lowest BCUT2D eigenvalue weighted by Gasteiger charge is -2.25. The minimum absolute atomic E-state index is 0.246. The van der Waals surface area contributed by atoms with Crippen molar-refractivity contribution in [3.8, 4) is 0 Å². The van der Waals surface area contributed by atoms with Gasteiger partial charge in [-0.25, -0.2) is 0 Å². The predicted molar refractivity (Wildman–Crippen MR) is 53.2 cm³/mol. The zero-order valence-corrected chi connectivity index (χ0v) is 8.84. The number of rotatable bonds is 4. The molecular weight excluding hydrogens is 164 g/mol. The lowest BCUT2D eigenvalue weighted by atomic mass is 10.00. The van der Waals surface area contributed by atoms with E-state index in [2.05, 4.69) is 26.1 Å². The van der Waals surface area contributed by atoms with Crippen molar-refractivity contribution < 1.29 is 4.79 Å². The maximum Gasteiger partial charge on any atom is 0.237 e. The summed E-state index contributed by atoms with van der Waals surface area (Å²) in [6.45, 7) is 7.82. The standard InChI is InChI=1S/C10H20N2O/c1-4-8(2)5-9(3)12-7-11-6-10(12)13/h8-9,11H,4-7H2,1-3H3. The Morgan fingerprint density at radius 2 is 2.23 bits per heavy atom. The molecule has 0 aromatic heterocycles. The fraction of sp³-hybridized carbons (Fsp3) is 0.900. The highest BCUT2D eigenvalue weighted by Gasteiger charge is 2.25. The molecule has 0 saturated carbocycles. The Labute approximate surface area is 80.5 Å². The van der Waals surface area contributed by atoms with Crippen LogP contribution >= 0.6 is 0 Å². The molecule has 0 aromatic rings. The van der Waals surface area contributed by atoms with Crippen LogP contribution in [0.1, 0.15) is 33.6 Å².